The van der Waals surface area contributed by atoms with Gasteiger partial charge in [-0.25, -0.2) is 4.79 Å². The highest BCUT2D eigenvalue weighted by molar-refractivity contribution is 14.1. The number of carboxylic acid groups (broad SMARTS) is 1. The Balaban J connectivity index is 1.78. The maximum absolute atomic E-state index is 12.4. The van der Waals surface area contributed by atoms with Crippen molar-refractivity contribution in [3.05, 3.63) is 82.6 Å². The minimum absolute atomic E-state index is 0.0223. The molecule has 0 bridgehead atoms. The van der Waals surface area contributed by atoms with Gasteiger partial charge in [-0.1, -0.05) is 59.1 Å². The monoisotopic (exact) mass is 593 g/mol. The molecule has 3 rings (SSSR count). The number of amides is 1. The Labute approximate surface area is 204 Å². The first-order valence-corrected chi connectivity index (χ1v) is 11.2. The van der Waals surface area contributed by atoms with Gasteiger partial charge in [0.2, 0.25) is 0 Å². The van der Waals surface area contributed by atoms with Crippen LogP contribution in [0.4, 0.5) is 0 Å². The van der Waals surface area contributed by atoms with Gasteiger partial charge in [-0.2, -0.15) is 0 Å². The molecule has 30 heavy (non-hydrogen) atoms. The Morgan fingerprint density at radius 1 is 1.03 bits per heavy atom. The summed E-state index contributed by atoms with van der Waals surface area (Å²) in [6.07, 6.45) is 1.32. The maximum atomic E-state index is 12.4. The summed E-state index contributed by atoms with van der Waals surface area (Å²) in [5.74, 6) is -0.727. The minimum Gasteiger partial charge on any atom is -0.477 e. The molecule has 2 N–H and O–H groups in total. The SMILES string of the molecule is O=C(O)C(=Cc1ccc(Oc2ccccc2I)cc1)NC(=O)c1sc(Cl)c(Cl)c1Cl. The van der Waals surface area contributed by atoms with Gasteiger partial charge in [0.1, 0.15) is 26.4 Å². The second-order valence-corrected chi connectivity index (χ2v) is 9.29. The van der Waals surface area contributed by atoms with Gasteiger partial charge in [-0.05, 0) is 58.5 Å². The van der Waals surface area contributed by atoms with Crippen molar-refractivity contribution in [2.75, 3.05) is 0 Å². The number of carboxylic acids is 1. The Kier molecular flexibility index (Phi) is 7.65. The number of thiophene rings is 1. The molecule has 0 aliphatic rings. The van der Waals surface area contributed by atoms with Gasteiger partial charge in [-0.15, -0.1) is 11.3 Å². The van der Waals surface area contributed by atoms with Crippen molar-refractivity contribution in [3.8, 4) is 11.5 Å². The lowest BCUT2D eigenvalue weighted by molar-refractivity contribution is -0.132. The number of para-hydroxylation sites is 1. The van der Waals surface area contributed by atoms with Crippen LogP contribution >= 0.6 is 68.7 Å². The molecule has 0 aliphatic heterocycles. The molecule has 10 heteroatoms. The molecule has 0 saturated heterocycles. The fourth-order valence-corrected chi connectivity index (χ4v) is 4.49. The van der Waals surface area contributed by atoms with Gasteiger partial charge in [0.15, 0.2) is 0 Å². The number of aliphatic carboxylic acids is 1. The fourth-order valence-electron chi connectivity index (χ4n) is 2.29. The van der Waals surface area contributed by atoms with Crippen LogP contribution in [0, 0.1) is 3.57 Å². The van der Waals surface area contributed by atoms with E-state index in [2.05, 4.69) is 27.9 Å². The van der Waals surface area contributed by atoms with E-state index in [1.54, 1.807) is 24.3 Å². The first kappa shape index (κ1) is 22.9. The van der Waals surface area contributed by atoms with Gasteiger partial charge in [-0.3, -0.25) is 4.79 Å². The molecule has 2 aromatic carbocycles. The van der Waals surface area contributed by atoms with Crippen molar-refractivity contribution >= 4 is 86.7 Å². The standard InChI is InChI=1S/C20H11Cl3INO4S/c21-15-16(22)18(23)30-17(15)19(26)25-13(20(27)28)9-10-5-7-11(8-6-10)29-14-4-2-1-3-12(14)24/h1-9H,(H,25,26)(H,27,28). The van der Waals surface area contributed by atoms with Gasteiger partial charge in [0.05, 0.1) is 13.6 Å². The van der Waals surface area contributed by atoms with E-state index in [1.165, 1.54) is 6.08 Å². The van der Waals surface area contributed by atoms with Crippen LogP contribution in [-0.2, 0) is 4.79 Å². The van der Waals surface area contributed by atoms with Crippen molar-refractivity contribution < 1.29 is 19.4 Å². The molecule has 0 spiro atoms. The second kappa shape index (κ2) is 10.0. The highest BCUT2D eigenvalue weighted by Crippen LogP contribution is 2.40. The Morgan fingerprint density at radius 3 is 2.27 bits per heavy atom. The van der Waals surface area contributed by atoms with E-state index in [4.69, 9.17) is 39.5 Å². The van der Waals surface area contributed by atoms with Crippen LogP contribution in [0.1, 0.15) is 15.2 Å². The first-order chi connectivity index (χ1) is 14.3. The molecule has 0 aliphatic carbocycles. The summed E-state index contributed by atoms with van der Waals surface area (Å²) in [5, 5.41) is 11.8. The summed E-state index contributed by atoms with van der Waals surface area (Å²) in [4.78, 5) is 24.0. The number of hydrogen-bond acceptors (Lipinski definition) is 4. The van der Waals surface area contributed by atoms with Crippen molar-refractivity contribution in [2.45, 2.75) is 0 Å². The molecule has 0 atom stereocenters. The van der Waals surface area contributed by atoms with Crippen LogP contribution in [-0.4, -0.2) is 17.0 Å². The number of carbonyl (C=O) groups is 2. The quantitative estimate of drug-likeness (QED) is 0.239. The van der Waals surface area contributed by atoms with E-state index < -0.39 is 11.9 Å². The van der Waals surface area contributed by atoms with Crippen LogP contribution < -0.4 is 10.1 Å². The molecule has 1 aromatic heterocycles. The van der Waals surface area contributed by atoms with Crippen molar-refractivity contribution in [2.24, 2.45) is 0 Å². The predicted molar refractivity (Wildman–Crippen MR) is 128 cm³/mol. The van der Waals surface area contributed by atoms with Crippen LogP contribution in [0.5, 0.6) is 11.5 Å². The highest BCUT2D eigenvalue weighted by Gasteiger charge is 2.22. The topological polar surface area (TPSA) is 75.6 Å². The van der Waals surface area contributed by atoms with E-state index >= 15 is 0 Å². The summed E-state index contributed by atoms with van der Waals surface area (Å²) in [6, 6.07) is 14.3. The molecule has 1 heterocycles. The summed E-state index contributed by atoms with van der Waals surface area (Å²) in [7, 11) is 0. The zero-order valence-electron chi connectivity index (χ0n) is 14.8. The molecule has 0 saturated carbocycles. The van der Waals surface area contributed by atoms with Crippen LogP contribution in [0.25, 0.3) is 6.08 Å². The predicted octanol–water partition coefficient (Wildman–Crippen LogP) is 6.96. The number of nitrogens with one attached hydrogen (secondary N) is 1. The molecular formula is C20H11Cl3INO4S. The van der Waals surface area contributed by atoms with E-state index in [-0.39, 0.29) is 25.0 Å². The van der Waals surface area contributed by atoms with Crippen molar-refractivity contribution in [1.29, 1.82) is 0 Å². The lowest BCUT2D eigenvalue weighted by Gasteiger charge is -2.08. The van der Waals surface area contributed by atoms with E-state index in [0.29, 0.717) is 17.1 Å². The molecule has 0 unspecified atom stereocenters. The summed E-state index contributed by atoms with van der Waals surface area (Å²) >= 11 is 20.8. The summed E-state index contributed by atoms with van der Waals surface area (Å²) in [5.41, 5.74) is 0.221. The van der Waals surface area contributed by atoms with Gasteiger partial charge < -0.3 is 15.2 Å². The summed E-state index contributed by atoms with van der Waals surface area (Å²) < 4.78 is 6.92. The highest BCUT2D eigenvalue weighted by atomic mass is 127. The molecule has 0 radical (unpaired) electrons. The van der Waals surface area contributed by atoms with Crippen molar-refractivity contribution in [1.82, 2.24) is 5.32 Å². The van der Waals surface area contributed by atoms with Gasteiger partial charge >= 0.3 is 5.97 Å². The minimum atomic E-state index is -1.31. The van der Waals surface area contributed by atoms with Gasteiger partial charge in [0.25, 0.3) is 5.91 Å². The average molecular weight is 595 g/mol. The van der Waals surface area contributed by atoms with Gasteiger partial charge in [0, 0.05) is 0 Å². The molecule has 5 nitrogen and oxygen atoms in total. The molecule has 3 aromatic rings. The number of benzene rings is 2. The average Bonchev–Trinajstić information content (AvgIpc) is 2.98. The Bertz CT molecular complexity index is 1150. The molecule has 1 amide bonds. The van der Waals surface area contributed by atoms with E-state index in [0.717, 1.165) is 14.9 Å². The first-order valence-electron chi connectivity index (χ1n) is 8.18. The Morgan fingerprint density at radius 2 is 1.70 bits per heavy atom. The third kappa shape index (κ3) is 5.47. The van der Waals surface area contributed by atoms with Crippen molar-refractivity contribution in [3.63, 3.8) is 0 Å². The second-order valence-electron chi connectivity index (χ2n) is 5.75. The smallest absolute Gasteiger partial charge is 0.352 e. The van der Waals surface area contributed by atoms with E-state index in [1.807, 2.05) is 24.3 Å². The lowest BCUT2D eigenvalue weighted by Crippen LogP contribution is -2.26. The number of rotatable bonds is 6. The summed E-state index contributed by atoms with van der Waals surface area (Å²) in [6.45, 7) is 0. The fraction of sp³-hybridized carbons (Fsp3) is 0. The number of ether oxygens (including phenoxy) is 1. The maximum Gasteiger partial charge on any atom is 0.352 e. The van der Waals surface area contributed by atoms with E-state index in [9.17, 15) is 14.7 Å². The third-order valence-corrected chi connectivity index (χ3v) is 7.16. The largest absolute Gasteiger partial charge is 0.477 e. The number of hydrogen-bond donors (Lipinski definition) is 2. The zero-order valence-corrected chi connectivity index (χ0v) is 20.0. The van der Waals surface area contributed by atoms with Crippen LogP contribution in [0.3, 0.4) is 0 Å². The Hall–Kier alpha value is -1.78. The molecular weight excluding hydrogens is 584 g/mol. The van der Waals surface area contributed by atoms with Crippen LogP contribution in [0.2, 0.25) is 14.4 Å². The molecule has 154 valence electrons. The normalized spacial score (nSPS) is 11.3. The molecule has 0 fully saturated rings. The number of carbonyl (C=O) groups excluding carboxylic acids is 1. The van der Waals surface area contributed by atoms with Crippen LogP contribution in [0.15, 0.2) is 54.2 Å². The number of halogens is 4. The third-order valence-electron chi connectivity index (χ3n) is 3.70. The lowest BCUT2D eigenvalue weighted by atomic mass is 10.2. The zero-order chi connectivity index (χ0) is 21.8.